The maximum atomic E-state index is 12.7. The van der Waals surface area contributed by atoms with E-state index in [0.717, 1.165) is 23.5 Å². The summed E-state index contributed by atoms with van der Waals surface area (Å²) in [7, 11) is 1.34. The Kier molecular flexibility index (Phi) is 6.47. The smallest absolute Gasteiger partial charge is 0.337 e. The van der Waals surface area contributed by atoms with Crippen molar-refractivity contribution in [2.45, 2.75) is 45.1 Å². The van der Waals surface area contributed by atoms with Crippen LogP contribution in [0.15, 0.2) is 47.5 Å². The molecule has 2 heterocycles. The number of esters is 1. The second kappa shape index (κ2) is 9.43. The molecule has 1 N–H and O–H groups in total. The number of aliphatic imine (C=N–C) groups is 1. The molecule has 0 spiro atoms. The van der Waals surface area contributed by atoms with Crippen LogP contribution in [0.5, 0.6) is 0 Å². The first-order valence-electron chi connectivity index (χ1n) is 11.0. The van der Waals surface area contributed by atoms with Crippen LogP contribution in [0.25, 0.3) is 0 Å². The zero-order chi connectivity index (χ0) is 21.8. The van der Waals surface area contributed by atoms with Gasteiger partial charge in [-0.05, 0) is 67.7 Å². The average Bonchev–Trinajstić information content (AvgIpc) is 3.13. The van der Waals surface area contributed by atoms with Gasteiger partial charge in [-0.2, -0.15) is 0 Å². The molecule has 2 aliphatic heterocycles. The van der Waals surface area contributed by atoms with E-state index < -0.39 is 11.9 Å². The van der Waals surface area contributed by atoms with Crippen LogP contribution < -0.4 is 5.32 Å². The highest BCUT2D eigenvalue weighted by molar-refractivity contribution is 6.19. The van der Waals surface area contributed by atoms with E-state index in [4.69, 9.17) is 9.73 Å². The predicted octanol–water partition coefficient (Wildman–Crippen LogP) is 4.68. The molecule has 2 aliphatic rings. The molecule has 0 radical (unpaired) electrons. The minimum Gasteiger partial charge on any atom is -0.465 e. The Labute approximate surface area is 183 Å². The summed E-state index contributed by atoms with van der Waals surface area (Å²) in [4.78, 5) is 31.9. The van der Waals surface area contributed by atoms with Gasteiger partial charge in [0.05, 0.1) is 18.4 Å². The fourth-order valence-corrected chi connectivity index (χ4v) is 4.40. The van der Waals surface area contributed by atoms with E-state index in [1.54, 1.807) is 12.1 Å². The zero-order valence-electron chi connectivity index (χ0n) is 18.2. The second-order valence-corrected chi connectivity index (χ2v) is 8.18. The van der Waals surface area contributed by atoms with Gasteiger partial charge in [-0.3, -0.25) is 14.7 Å². The number of fused-ring (bicyclic) bond motifs is 1. The summed E-state index contributed by atoms with van der Waals surface area (Å²) in [5, 5.41) is 2.89. The van der Waals surface area contributed by atoms with E-state index in [1.807, 2.05) is 25.1 Å². The first-order chi connectivity index (χ1) is 15.1. The summed E-state index contributed by atoms with van der Waals surface area (Å²) < 4.78 is 4.78. The lowest BCUT2D eigenvalue weighted by Crippen LogP contribution is -2.28. The van der Waals surface area contributed by atoms with Crippen molar-refractivity contribution in [3.63, 3.8) is 0 Å². The quantitative estimate of drug-likeness (QED) is 0.545. The number of rotatable bonds is 6. The Morgan fingerprint density at radius 2 is 1.87 bits per heavy atom. The van der Waals surface area contributed by atoms with Gasteiger partial charge in [0.1, 0.15) is 5.92 Å². The van der Waals surface area contributed by atoms with Gasteiger partial charge in [-0.15, -0.1) is 0 Å². The molecule has 6 heteroatoms. The monoisotopic (exact) mass is 419 g/mol. The fourth-order valence-electron chi connectivity index (χ4n) is 4.40. The molecule has 1 fully saturated rings. The number of carbonyl (C=O) groups is 2. The fraction of sp³-hybridized carbons (Fsp3) is 0.400. The molecule has 1 amide bonds. The maximum Gasteiger partial charge on any atom is 0.337 e. The van der Waals surface area contributed by atoms with E-state index in [1.165, 1.54) is 45.0 Å². The number of likely N-dealkylation sites (tertiary alicyclic amines) is 1. The van der Waals surface area contributed by atoms with Crippen LogP contribution in [0.1, 0.15) is 60.0 Å². The van der Waals surface area contributed by atoms with Gasteiger partial charge in [0.15, 0.2) is 0 Å². The molecule has 0 bridgehead atoms. The van der Waals surface area contributed by atoms with Crippen LogP contribution >= 0.6 is 0 Å². The number of carbonyl (C=O) groups excluding carboxylic acids is 2. The Bertz CT molecular complexity index is 992. The maximum absolute atomic E-state index is 12.7. The summed E-state index contributed by atoms with van der Waals surface area (Å²) >= 11 is 0. The number of anilines is 1. The summed E-state index contributed by atoms with van der Waals surface area (Å²) in [6, 6.07) is 13.5. The highest BCUT2D eigenvalue weighted by atomic mass is 16.5. The molecule has 6 nitrogen and oxygen atoms in total. The molecule has 1 saturated heterocycles. The van der Waals surface area contributed by atoms with Gasteiger partial charge >= 0.3 is 5.97 Å². The van der Waals surface area contributed by atoms with Gasteiger partial charge in [-0.1, -0.05) is 31.5 Å². The molecular formula is C25H29N3O3. The van der Waals surface area contributed by atoms with Crippen LogP contribution in [-0.4, -0.2) is 42.7 Å². The number of hydrogen-bond donors (Lipinski definition) is 1. The van der Waals surface area contributed by atoms with Crippen LogP contribution in [0, 0.1) is 0 Å². The first kappa shape index (κ1) is 21.2. The summed E-state index contributed by atoms with van der Waals surface area (Å²) in [5.74, 6) is -0.978. The molecule has 1 unspecified atom stereocenters. The van der Waals surface area contributed by atoms with Crippen molar-refractivity contribution >= 4 is 29.0 Å². The van der Waals surface area contributed by atoms with Crippen molar-refractivity contribution < 1.29 is 14.3 Å². The minimum absolute atomic E-state index is 0.112. The molecule has 1 atom stereocenters. The summed E-state index contributed by atoms with van der Waals surface area (Å²) in [5.41, 5.74) is 4.87. The van der Waals surface area contributed by atoms with E-state index in [9.17, 15) is 9.59 Å². The molecule has 162 valence electrons. The molecule has 0 aromatic heterocycles. The van der Waals surface area contributed by atoms with Gasteiger partial charge in [-0.25, -0.2) is 4.79 Å². The number of hydrogen-bond acceptors (Lipinski definition) is 5. The van der Waals surface area contributed by atoms with Crippen molar-refractivity contribution in [3.8, 4) is 0 Å². The largest absolute Gasteiger partial charge is 0.465 e. The lowest BCUT2D eigenvalue weighted by molar-refractivity contribution is -0.115. The van der Waals surface area contributed by atoms with Crippen molar-refractivity contribution in [2.75, 3.05) is 25.5 Å². The number of amides is 1. The normalized spacial score (nSPS) is 19.1. The summed E-state index contributed by atoms with van der Waals surface area (Å²) in [6.07, 6.45) is 4.57. The molecule has 31 heavy (non-hydrogen) atoms. The minimum atomic E-state index is -0.445. The number of benzene rings is 2. The van der Waals surface area contributed by atoms with Gasteiger partial charge in [0.2, 0.25) is 5.91 Å². The van der Waals surface area contributed by atoms with Crippen molar-refractivity contribution in [1.29, 1.82) is 0 Å². The van der Waals surface area contributed by atoms with Gasteiger partial charge in [0, 0.05) is 17.9 Å². The third-order valence-electron chi connectivity index (χ3n) is 6.06. The number of nitrogens with one attached hydrogen (secondary N) is 1. The van der Waals surface area contributed by atoms with Crippen LogP contribution in [0.4, 0.5) is 11.4 Å². The molecule has 2 aromatic carbocycles. The topological polar surface area (TPSA) is 71.0 Å². The highest BCUT2D eigenvalue weighted by Crippen LogP contribution is 2.36. The number of piperidine rings is 1. The Balaban J connectivity index is 1.53. The zero-order valence-corrected chi connectivity index (χ0v) is 18.2. The van der Waals surface area contributed by atoms with Crippen molar-refractivity contribution in [1.82, 2.24) is 4.90 Å². The molecule has 2 aromatic rings. The number of ether oxygens (including phenoxy) is 1. The predicted molar refractivity (Wildman–Crippen MR) is 122 cm³/mol. The van der Waals surface area contributed by atoms with Gasteiger partial charge < -0.3 is 10.1 Å². The van der Waals surface area contributed by atoms with E-state index in [0.29, 0.717) is 17.7 Å². The third kappa shape index (κ3) is 4.69. The highest BCUT2D eigenvalue weighted by Gasteiger charge is 2.34. The number of methoxy groups -OCH3 is 1. The van der Waals surface area contributed by atoms with Crippen molar-refractivity contribution in [2.24, 2.45) is 4.99 Å². The Morgan fingerprint density at radius 3 is 2.55 bits per heavy atom. The SMILES string of the molecule is CCC(=Nc1ccc(CN2CCCCC2)cc1)C1C(=O)Nc2cc(C(=O)OC)ccc21. The van der Waals surface area contributed by atoms with Crippen LogP contribution in [0.3, 0.4) is 0 Å². The number of nitrogens with zero attached hydrogens (tertiary/aromatic N) is 2. The average molecular weight is 420 g/mol. The van der Waals surface area contributed by atoms with Crippen molar-refractivity contribution in [3.05, 3.63) is 59.2 Å². The van der Waals surface area contributed by atoms with E-state index in [2.05, 4.69) is 22.3 Å². The van der Waals surface area contributed by atoms with E-state index >= 15 is 0 Å². The standard InChI is InChI=1S/C25H29N3O3/c1-3-21(23-20-12-9-18(25(30)31-2)15-22(20)27-24(23)29)26-19-10-7-17(8-11-19)16-28-13-5-4-6-14-28/h7-12,15,23H,3-6,13-14,16H2,1-2H3,(H,27,29). The molecule has 4 rings (SSSR count). The second-order valence-electron chi connectivity index (χ2n) is 8.18. The Hall–Kier alpha value is -2.99. The lowest BCUT2D eigenvalue weighted by atomic mass is 9.93. The third-order valence-corrected chi connectivity index (χ3v) is 6.06. The first-order valence-corrected chi connectivity index (χ1v) is 11.0. The molecule has 0 aliphatic carbocycles. The molecular weight excluding hydrogens is 390 g/mol. The van der Waals surface area contributed by atoms with Crippen LogP contribution in [0.2, 0.25) is 0 Å². The van der Waals surface area contributed by atoms with E-state index in [-0.39, 0.29) is 5.91 Å². The van der Waals surface area contributed by atoms with Gasteiger partial charge in [0.25, 0.3) is 0 Å². The van der Waals surface area contributed by atoms with Crippen LogP contribution in [-0.2, 0) is 16.1 Å². The lowest BCUT2D eigenvalue weighted by Gasteiger charge is -2.26. The Morgan fingerprint density at radius 1 is 1.13 bits per heavy atom. The molecule has 0 saturated carbocycles. The summed E-state index contributed by atoms with van der Waals surface area (Å²) in [6.45, 7) is 5.34.